The van der Waals surface area contributed by atoms with Crippen LogP contribution in [-0.4, -0.2) is 22.8 Å². The van der Waals surface area contributed by atoms with Gasteiger partial charge in [-0.3, -0.25) is 0 Å². The van der Waals surface area contributed by atoms with E-state index in [1.165, 1.54) is 6.07 Å². The summed E-state index contributed by atoms with van der Waals surface area (Å²) < 4.78 is 0.683. The molecule has 0 aliphatic heterocycles. The molecule has 0 aliphatic carbocycles. The SMILES string of the molecule is Cc1cc(Br)c(N=C(N)CCl)cc1C(=O)O. The lowest BCUT2D eigenvalue weighted by Crippen LogP contribution is -2.12. The van der Waals surface area contributed by atoms with Gasteiger partial charge in [-0.1, -0.05) is 0 Å². The number of aromatic carboxylic acids is 1. The van der Waals surface area contributed by atoms with E-state index >= 15 is 0 Å². The van der Waals surface area contributed by atoms with Gasteiger partial charge in [-0.15, -0.1) is 11.6 Å². The van der Waals surface area contributed by atoms with Crippen LogP contribution in [0.5, 0.6) is 0 Å². The number of nitrogens with zero attached hydrogens (tertiary/aromatic N) is 1. The molecule has 0 amide bonds. The molecule has 0 spiro atoms. The second-order valence-electron chi connectivity index (χ2n) is 3.16. The van der Waals surface area contributed by atoms with Crippen molar-refractivity contribution in [3.63, 3.8) is 0 Å². The topological polar surface area (TPSA) is 75.7 Å². The first-order valence-electron chi connectivity index (χ1n) is 4.38. The van der Waals surface area contributed by atoms with Gasteiger partial charge in [0, 0.05) is 4.47 Å². The molecule has 0 bridgehead atoms. The van der Waals surface area contributed by atoms with Crippen molar-refractivity contribution in [1.82, 2.24) is 0 Å². The minimum absolute atomic E-state index is 0.0999. The Labute approximate surface area is 106 Å². The molecular weight excluding hydrogens is 295 g/mol. The lowest BCUT2D eigenvalue weighted by atomic mass is 10.1. The van der Waals surface area contributed by atoms with Gasteiger partial charge >= 0.3 is 5.97 Å². The van der Waals surface area contributed by atoms with Gasteiger partial charge in [0.1, 0.15) is 5.84 Å². The van der Waals surface area contributed by atoms with Crippen molar-refractivity contribution in [2.24, 2.45) is 10.7 Å². The van der Waals surface area contributed by atoms with E-state index in [0.717, 1.165) is 0 Å². The number of hydrogen-bond acceptors (Lipinski definition) is 2. The highest BCUT2D eigenvalue weighted by Gasteiger charge is 2.11. The molecule has 0 saturated heterocycles. The van der Waals surface area contributed by atoms with Gasteiger partial charge in [-0.25, -0.2) is 9.79 Å². The van der Waals surface area contributed by atoms with Crippen LogP contribution >= 0.6 is 27.5 Å². The zero-order valence-corrected chi connectivity index (χ0v) is 10.8. The number of amidine groups is 1. The van der Waals surface area contributed by atoms with E-state index in [1.54, 1.807) is 13.0 Å². The van der Waals surface area contributed by atoms with Gasteiger partial charge in [0.15, 0.2) is 0 Å². The smallest absolute Gasteiger partial charge is 0.336 e. The number of carbonyl (C=O) groups is 1. The van der Waals surface area contributed by atoms with Crippen LogP contribution in [0.2, 0.25) is 0 Å². The van der Waals surface area contributed by atoms with Crippen LogP contribution in [0.15, 0.2) is 21.6 Å². The third-order valence-electron chi connectivity index (χ3n) is 1.93. The third kappa shape index (κ3) is 2.96. The number of aliphatic imine (C=N–C) groups is 1. The van der Waals surface area contributed by atoms with Crippen molar-refractivity contribution in [3.05, 3.63) is 27.7 Å². The molecule has 6 heteroatoms. The van der Waals surface area contributed by atoms with E-state index in [4.69, 9.17) is 22.4 Å². The molecule has 0 fully saturated rings. The Morgan fingerprint density at radius 1 is 1.62 bits per heavy atom. The highest BCUT2D eigenvalue weighted by atomic mass is 79.9. The van der Waals surface area contributed by atoms with Crippen molar-refractivity contribution in [2.45, 2.75) is 6.92 Å². The first-order valence-corrected chi connectivity index (χ1v) is 5.71. The molecule has 0 aliphatic rings. The lowest BCUT2D eigenvalue weighted by Gasteiger charge is -2.05. The molecule has 1 aromatic carbocycles. The summed E-state index contributed by atoms with van der Waals surface area (Å²) in [7, 11) is 0. The molecule has 0 radical (unpaired) electrons. The molecule has 0 heterocycles. The maximum atomic E-state index is 10.9. The zero-order valence-electron chi connectivity index (χ0n) is 8.50. The van der Waals surface area contributed by atoms with Crippen LogP contribution in [0.3, 0.4) is 0 Å². The Kier molecular flexibility index (Phi) is 4.32. The standard InChI is InChI=1S/C10H10BrClN2O2/c1-5-2-7(11)8(14-9(13)4-12)3-6(5)10(15)16/h2-3H,4H2,1H3,(H2,13,14)(H,15,16). The lowest BCUT2D eigenvalue weighted by molar-refractivity contribution is 0.0696. The number of alkyl halides is 1. The van der Waals surface area contributed by atoms with Crippen molar-refractivity contribution in [2.75, 3.05) is 5.88 Å². The second-order valence-corrected chi connectivity index (χ2v) is 4.28. The largest absolute Gasteiger partial charge is 0.478 e. The Balaban J connectivity index is 3.30. The summed E-state index contributed by atoms with van der Waals surface area (Å²) in [6.45, 7) is 1.71. The van der Waals surface area contributed by atoms with Crippen LogP contribution in [0, 0.1) is 6.92 Å². The van der Waals surface area contributed by atoms with Gasteiger partial charge in [0.25, 0.3) is 0 Å². The average molecular weight is 306 g/mol. The first-order chi connectivity index (χ1) is 7.45. The maximum absolute atomic E-state index is 10.9. The summed E-state index contributed by atoms with van der Waals surface area (Å²) >= 11 is 8.79. The molecule has 16 heavy (non-hydrogen) atoms. The summed E-state index contributed by atoms with van der Waals surface area (Å²) in [4.78, 5) is 14.9. The van der Waals surface area contributed by atoms with Crippen molar-refractivity contribution in [3.8, 4) is 0 Å². The molecule has 4 nitrogen and oxygen atoms in total. The summed E-state index contributed by atoms with van der Waals surface area (Å²) in [6.07, 6.45) is 0. The first kappa shape index (κ1) is 13.0. The summed E-state index contributed by atoms with van der Waals surface area (Å²) in [5.74, 6) is -0.656. The quantitative estimate of drug-likeness (QED) is 0.512. The Morgan fingerprint density at radius 2 is 2.25 bits per heavy atom. The third-order valence-corrected chi connectivity index (χ3v) is 2.83. The Hall–Kier alpha value is -1.07. The molecule has 86 valence electrons. The fraction of sp³-hybridized carbons (Fsp3) is 0.200. The number of hydrogen-bond donors (Lipinski definition) is 2. The fourth-order valence-corrected chi connectivity index (χ4v) is 1.77. The number of nitrogens with two attached hydrogens (primary N) is 1. The maximum Gasteiger partial charge on any atom is 0.336 e. The van der Waals surface area contributed by atoms with E-state index < -0.39 is 5.97 Å². The second kappa shape index (κ2) is 5.32. The van der Waals surface area contributed by atoms with Crippen LogP contribution in [0.1, 0.15) is 15.9 Å². The summed E-state index contributed by atoms with van der Waals surface area (Å²) in [5.41, 5.74) is 6.80. The molecule has 0 unspecified atom stereocenters. The van der Waals surface area contributed by atoms with Gasteiger partial charge in [-0.05, 0) is 40.5 Å². The normalized spacial score (nSPS) is 11.6. The van der Waals surface area contributed by atoms with Gasteiger partial charge in [-0.2, -0.15) is 0 Å². The van der Waals surface area contributed by atoms with E-state index in [2.05, 4.69) is 20.9 Å². The van der Waals surface area contributed by atoms with Crippen LogP contribution < -0.4 is 5.73 Å². The minimum atomic E-state index is -0.995. The van der Waals surface area contributed by atoms with Gasteiger partial charge in [0.05, 0.1) is 17.1 Å². The molecule has 3 N–H and O–H groups in total. The predicted octanol–water partition coefficient (Wildman–Crippen LogP) is 2.68. The van der Waals surface area contributed by atoms with E-state index in [0.29, 0.717) is 15.7 Å². The number of aryl methyl sites for hydroxylation is 1. The van der Waals surface area contributed by atoms with Crippen molar-refractivity contribution >= 4 is 45.0 Å². The molecular formula is C10H10BrClN2O2. The van der Waals surface area contributed by atoms with E-state index in [-0.39, 0.29) is 17.3 Å². The predicted molar refractivity (Wildman–Crippen MR) is 67.8 cm³/mol. The van der Waals surface area contributed by atoms with E-state index in [9.17, 15) is 4.79 Å². The number of halogens is 2. The molecule has 0 saturated carbocycles. The molecule has 1 rings (SSSR count). The van der Waals surface area contributed by atoms with Gasteiger partial charge < -0.3 is 10.8 Å². The fourth-order valence-electron chi connectivity index (χ4n) is 1.16. The minimum Gasteiger partial charge on any atom is -0.478 e. The number of rotatable bonds is 3. The number of benzene rings is 1. The Morgan fingerprint density at radius 3 is 2.75 bits per heavy atom. The van der Waals surface area contributed by atoms with Crippen LogP contribution in [0.4, 0.5) is 5.69 Å². The Bertz CT molecular complexity index is 460. The zero-order chi connectivity index (χ0) is 12.3. The summed E-state index contributed by atoms with van der Waals surface area (Å²) in [6, 6.07) is 3.14. The van der Waals surface area contributed by atoms with E-state index in [1.807, 2.05) is 0 Å². The van der Waals surface area contributed by atoms with Crippen LogP contribution in [-0.2, 0) is 0 Å². The molecule has 0 atom stereocenters. The number of carboxylic acids is 1. The molecule has 1 aromatic rings. The van der Waals surface area contributed by atoms with Crippen LogP contribution in [0.25, 0.3) is 0 Å². The van der Waals surface area contributed by atoms with Gasteiger partial charge in [0.2, 0.25) is 0 Å². The highest BCUT2D eigenvalue weighted by Crippen LogP contribution is 2.29. The summed E-state index contributed by atoms with van der Waals surface area (Å²) in [5, 5.41) is 8.95. The highest BCUT2D eigenvalue weighted by molar-refractivity contribution is 9.10. The monoisotopic (exact) mass is 304 g/mol. The van der Waals surface area contributed by atoms with Crippen molar-refractivity contribution in [1.29, 1.82) is 0 Å². The van der Waals surface area contributed by atoms with Crippen molar-refractivity contribution < 1.29 is 9.90 Å². The molecule has 0 aromatic heterocycles. The average Bonchev–Trinajstić information content (AvgIpc) is 2.21. The number of carboxylic acid groups (broad SMARTS) is 1.